The zero-order valence-corrected chi connectivity index (χ0v) is 17.0. The summed E-state index contributed by atoms with van der Waals surface area (Å²) in [6.45, 7) is 3.71. The maximum absolute atomic E-state index is 13.4. The van der Waals surface area contributed by atoms with E-state index in [2.05, 4.69) is 10.6 Å². The molecule has 9 heteroatoms. The Kier molecular flexibility index (Phi) is 4.66. The maximum Gasteiger partial charge on any atom is 0.250 e. The number of benzene rings is 1. The highest BCUT2D eigenvalue weighted by Gasteiger charge is 2.70. The molecular weight excluding hydrogens is 396 g/mol. The number of rotatable bonds is 5. The lowest BCUT2D eigenvalue weighted by Crippen LogP contribution is -2.54. The Balaban J connectivity index is 1.86. The summed E-state index contributed by atoms with van der Waals surface area (Å²) in [5.74, 6) is -3.24. The molecule has 0 aliphatic carbocycles. The molecule has 0 unspecified atom stereocenters. The monoisotopic (exact) mass is 418 g/mol. The Morgan fingerprint density at radius 2 is 2.03 bits per heavy atom. The molecule has 4 rings (SSSR count). The zero-order valence-electron chi connectivity index (χ0n) is 16.2. The lowest BCUT2D eigenvalue weighted by atomic mass is 9.76. The van der Waals surface area contributed by atoms with Crippen molar-refractivity contribution in [3.05, 3.63) is 28.8 Å². The number of nitrogens with one attached hydrogen (secondary N) is 2. The fraction of sp³-hybridized carbons (Fsp3) is 0.500. The molecule has 8 nitrogen and oxygen atoms in total. The first-order valence-electron chi connectivity index (χ1n) is 9.77. The van der Waals surface area contributed by atoms with Gasteiger partial charge in [0, 0.05) is 24.1 Å². The van der Waals surface area contributed by atoms with Crippen molar-refractivity contribution in [1.82, 2.24) is 10.2 Å². The van der Waals surface area contributed by atoms with Crippen LogP contribution in [-0.4, -0.2) is 40.6 Å². The summed E-state index contributed by atoms with van der Waals surface area (Å²) in [6, 6.07) is 4.30. The summed E-state index contributed by atoms with van der Waals surface area (Å²) < 4.78 is 0. The van der Waals surface area contributed by atoms with Crippen LogP contribution in [0.5, 0.6) is 0 Å². The molecule has 4 N–H and O–H groups in total. The summed E-state index contributed by atoms with van der Waals surface area (Å²) in [5, 5.41) is 6.39. The van der Waals surface area contributed by atoms with Crippen molar-refractivity contribution in [3.63, 3.8) is 0 Å². The number of primary amides is 1. The Labute approximate surface area is 173 Å². The average Bonchev–Trinajstić information content (AvgIpc) is 3.26. The van der Waals surface area contributed by atoms with Gasteiger partial charge in [-0.15, -0.1) is 0 Å². The molecule has 29 heavy (non-hydrogen) atoms. The minimum atomic E-state index is -1.40. The third-order valence-corrected chi connectivity index (χ3v) is 6.78. The van der Waals surface area contributed by atoms with E-state index in [4.69, 9.17) is 17.3 Å². The van der Waals surface area contributed by atoms with Gasteiger partial charge in [-0.3, -0.25) is 29.4 Å². The van der Waals surface area contributed by atoms with Crippen molar-refractivity contribution in [2.24, 2.45) is 17.6 Å². The van der Waals surface area contributed by atoms with E-state index in [-0.39, 0.29) is 30.7 Å². The first-order chi connectivity index (χ1) is 13.7. The van der Waals surface area contributed by atoms with E-state index in [0.29, 0.717) is 22.7 Å². The molecule has 1 spiro atoms. The van der Waals surface area contributed by atoms with Crippen molar-refractivity contribution < 1.29 is 19.2 Å². The smallest absolute Gasteiger partial charge is 0.250 e. The van der Waals surface area contributed by atoms with E-state index in [9.17, 15) is 19.2 Å². The number of fused-ring (bicyclic) bond motifs is 4. The second kappa shape index (κ2) is 6.81. The third kappa shape index (κ3) is 2.62. The number of hydrogen-bond acceptors (Lipinski definition) is 5. The zero-order chi connectivity index (χ0) is 21.1. The number of likely N-dealkylation sites (tertiary alicyclic amines) is 1. The van der Waals surface area contributed by atoms with Crippen molar-refractivity contribution in [1.29, 1.82) is 0 Å². The summed E-state index contributed by atoms with van der Waals surface area (Å²) in [5.41, 5.74) is 4.91. The number of halogens is 1. The molecule has 4 amide bonds. The van der Waals surface area contributed by atoms with Crippen LogP contribution in [0.3, 0.4) is 0 Å². The molecule has 5 atom stereocenters. The standard InChI is InChI=1S/C20H23ClN4O4/c1-3-9(2)25-17(27)14-12(7-8-13(22)26)24-20(15(14)18(25)28)10-5-4-6-11(21)16(10)23-19(20)29/h4-6,9,12,14-15,24H,3,7-8H2,1-2H3,(H2,22,26)(H,23,29)/t9-,12+,14+,15-,20+/m0/s1. The molecule has 2 saturated heterocycles. The number of imide groups is 1. The highest BCUT2D eigenvalue weighted by atomic mass is 35.5. The average molecular weight is 419 g/mol. The van der Waals surface area contributed by atoms with Gasteiger partial charge >= 0.3 is 0 Å². The molecule has 0 radical (unpaired) electrons. The van der Waals surface area contributed by atoms with E-state index in [1.54, 1.807) is 18.2 Å². The molecule has 1 aromatic rings. The van der Waals surface area contributed by atoms with Gasteiger partial charge in [0.15, 0.2) is 0 Å². The Bertz CT molecular complexity index is 935. The lowest BCUT2D eigenvalue weighted by molar-refractivity contribution is -0.145. The van der Waals surface area contributed by atoms with Gasteiger partial charge in [0.25, 0.3) is 0 Å². The van der Waals surface area contributed by atoms with Crippen LogP contribution < -0.4 is 16.4 Å². The van der Waals surface area contributed by atoms with E-state index < -0.39 is 35.2 Å². The van der Waals surface area contributed by atoms with Crippen LogP contribution in [0.2, 0.25) is 5.02 Å². The lowest BCUT2D eigenvalue weighted by Gasteiger charge is -2.31. The highest BCUT2D eigenvalue weighted by Crippen LogP contribution is 2.54. The first-order valence-corrected chi connectivity index (χ1v) is 10.1. The van der Waals surface area contributed by atoms with Crippen LogP contribution in [0, 0.1) is 11.8 Å². The normalized spacial score (nSPS) is 31.2. The van der Waals surface area contributed by atoms with Crippen molar-refractivity contribution in [2.45, 2.75) is 50.7 Å². The predicted molar refractivity (Wildman–Crippen MR) is 106 cm³/mol. The third-order valence-electron chi connectivity index (χ3n) is 6.47. The van der Waals surface area contributed by atoms with Crippen molar-refractivity contribution in [3.8, 4) is 0 Å². The molecular formula is C20H23ClN4O4. The van der Waals surface area contributed by atoms with Crippen LogP contribution in [-0.2, 0) is 24.7 Å². The van der Waals surface area contributed by atoms with Crippen LogP contribution in [0.15, 0.2) is 18.2 Å². The van der Waals surface area contributed by atoms with Gasteiger partial charge in [0.1, 0.15) is 5.54 Å². The molecule has 0 bridgehead atoms. The second-order valence-electron chi connectivity index (χ2n) is 7.99. The SMILES string of the molecule is CC[C@H](C)N1C(=O)[C@H]2[C@@H](C1=O)[C@@]1(N[C@@H]2CCC(N)=O)C(=O)Nc2c(Cl)cccc21. The minimum Gasteiger partial charge on any atom is -0.370 e. The minimum absolute atomic E-state index is 0.0474. The predicted octanol–water partition coefficient (Wildman–Crippen LogP) is 1.12. The van der Waals surface area contributed by atoms with Gasteiger partial charge < -0.3 is 11.1 Å². The highest BCUT2D eigenvalue weighted by molar-refractivity contribution is 6.35. The molecule has 0 saturated carbocycles. The Hall–Kier alpha value is -2.45. The summed E-state index contributed by atoms with van der Waals surface area (Å²) in [7, 11) is 0. The van der Waals surface area contributed by atoms with Gasteiger partial charge in [-0.25, -0.2) is 0 Å². The van der Waals surface area contributed by atoms with Gasteiger partial charge in [0.2, 0.25) is 23.6 Å². The largest absolute Gasteiger partial charge is 0.370 e. The molecule has 3 aliphatic heterocycles. The fourth-order valence-corrected chi connectivity index (χ4v) is 5.20. The first kappa shape index (κ1) is 19.8. The van der Waals surface area contributed by atoms with Crippen LogP contribution >= 0.6 is 11.6 Å². The summed E-state index contributed by atoms with van der Waals surface area (Å²) >= 11 is 6.28. The van der Waals surface area contributed by atoms with E-state index in [0.717, 1.165) is 0 Å². The van der Waals surface area contributed by atoms with Gasteiger partial charge in [-0.05, 0) is 25.8 Å². The van der Waals surface area contributed by atoms with Crippen LogP contribution in [0.1, 0.15) is 38.7 Å². The van der Waals surface area contributed by atoms with Crippen LogP contribution in [0.25, 0.3) is 0 Å². The van der Waals surface area contributed by atoms with Crippen molar-refractivity contribution in [2.75, 3.05) is 5.32 Å². The van der Waals surface area contributed by atoms with Gasteiger partial charge in [0.05, 0.1) is 22.5 Å². The number of carbonyl (C=O) groups excluding carboxylic acids is 4. The number of hydrogen-bond donors (Lipinski definition) is 3. The number of anilines is 1. The Morgan fingerprint density at radius 1 is 1.31 bits per heavy atom. The Morgan fingerprint density at radius 3 is 2.69 bits per heavy atom. The molecule has 2 fully saturated rings. The molecule has 1 aromatic carbocycles. The number of para-hydroxylation sites is 1. The fourth-order valence-electron chi connectivity index (χ4n) is 4.98. The van der Waals surface area contributed by atoms with E-state index in [1.807, 2.05) is 13.8 Å². The molecule has 3 aliphatic rings. The quantitative estimate of drug-likeness (QED) is 0.618. The molecule has 154 valence electrons. The van der Waals surface area contributed by atoms with Gasteiger partial charge in [-0.1, -0.05) is 30.7 Å². The van der Waals surface area contributed by atoms with E-state index >= 15 is 0 Å². The summed E-state index contributed by atoms with van der Waals surface area (Å²) in [4.78, 5) is 52.6. The maximum atomic E-state index is 13.4. The number of amides is 4. The van der Waals surface area contributed by atoms with Gasteiger partial charge in [-0.2, -0.15) is 0 Å². The number of carbonyl (C=O) groups is 4. The number of nitrogens with zero attached hydrogens (tertiary/aromatic N) is 1. The second-order valence-corrected chi connectivity index (χ2v) is 8.39. The van der Waals surface area contributed by atoms with Crippen LogP contribution in [0.4, 0.5) is 5.69 Å². The topological polar surface area (TPSA) is 122 Å². The molecule has 0 aromatic heterocycles. The van der Waals surface area contributed by atoms with E-state index in [1.165, 1.54) is 4.90 Å². The summed E-state index contributed by atoms with van der Waals surface area (Å²) in [6.07, 6.45) is 0.915. The molecule has 3 heterocycles. The number of nitrogens with two attached hydrogens (primary N) is 1. The van der Waals surface area contributed by atoms with Crippen molar-refractivity contribution >= 4 is 40.9 Å².